The van der Waals surface area contributed by atoms with Crippen LogP contribution in [0.25, 0.3) is 0 Å². The first-order valence-corrected chi connectivity index (χ1v) is 8.21. The van der Waals surface area contributed by atoms with Crippen molar-refractivity contribution in [3.8, 4) is 0 Å². The van der Waals surface area contributed by atoms with Gasteiger partial charge in [0.2, 0.25) is 11.8 Å². The number of carbonyl (C=O) groups excluding carboxylic acids is 4. The molecule has 3 rings (SSSR count). The lowest BCUT2D eigenvalue weighted by Gasteiger charge is -2.25. The van der Waals surface area contributed by atoms with E-state index in [0.717, 1.165) is 8.84 Å². The fraction of sp³-hybridized carbons (Fsp3) is 0.111. The highest BCUT2D eigenvalue weighted by Gasteiger charge is 2.36. The van der Waals surface area contributed by atoms with E-state index in [2.05, 4.69) is 0 Å². The van der Waals surface area contributed by atoms with Crippen LogP contribution in [0.4, 0.5) is 11.4 Å². The predicted molar refractivity (Wildman–Crippen MR) is 97.8 cm³/mol. The van der Waals surface area contributed by atoms with Gasteiger partial charge >= 0.3 is 0 Å². The first kappa shape index (κ1) is 18.1. The largest absolute Gasteiger partial charge is 0.289 e. The summed E-state index contributed by atoms with van der Waals surface area (Å²) in [5, 5.41) is 0. The van der Waals surface area contributed by atoms with Crippen molar-refractivity contribution in [2.45, 2.75) is 13.8 Å². The molecular formula is C18H12Cl2N2O4. The van der Waals surface area contributed by atoms with Gasteiger partial charge in [0.05, 0.1) is 22.5 Å². The molecule has 0 atom stereocenters. The van der Waals surface area contributed by atoms with Gasteiger partial charge in [0.1, 0.15) is 0 Å². The fourth-order valence-electron chi connectivity index (χ4n) is 2.87. The minimum Gasteiger partial charge on any atom is -0.289 e. The average Bonchev–Trinajstić information content (AvgIpc) is 2.63. The monoisotopic (exact) mass is 390 g/mol. The van der Waals surface area contributed by atoms with E-state index >= 15 is 0 Å². The number of ketones is 2. The van der Waals surface area contributed by atoms with Crippen LogP contribution in [0.15, 0.2) is 36.4 Å². The minimum atomic E-state index is -0.542. The van der Waals surface area contributed by atoms with Gasteiger partial charge in [-0.25, -0.2) is 8.84 Å². The summed E-state index contributed by atoms with van der Waals surface area (Å²) in [6.45, 7) is 2.47. The second-order valence-corrected chi connectivity index (χ2v) is 6.33. The van der Waals surface area contributed by atoms with E-state index in [0.29, 0.717) is 0 Å². The molecule has 0 radical (unpaired) electrons. The van der Waals surface area contributed by atoms with E-state index in [9.17, 15) is 19.2 Å². The Bertz CT molecular complexity index is 912. The van der Waals surface area contributed by atoms with Gasteiger partial charge in [-0.15, -0.1) is 0 Å². The van der Waals surface area contributed by atoms with Crippen molar-refractivity contribution < 1.29 is 19.2 Å². The van der Waals surface area contributed by atoms with Crippen molar-refractivity contribution >= 4 is 58.3 Å². The zero-order chi connectivity index (χ0) is 19.2. The molecule has 1 aliphatic rings. The Morgan fingerprint density at radius 3 is 1.46 bits per heavy atom. The normalized spacial score (nSPS) is 12.3. The van der Waals surface area contributed by atoms with Crippen LogP contribution < -0.4 is 8.84 Å². The van der Waals surface area contributed by atoms with Crippen molar-refractivity contribution in [1.82, 2.24) is 0 Å². The summed E-state index contributed by atoms with van der Waals surface area (Å²) in [5.74, 6) is -1.98. The summed E-state index contributed by atoms with van der Waals surface area (Å²) in [4.78, 5) is 49.4. The fourth-order valence-corrected chi connectivity index (χ4v) is 3.15. The molecule has 0 heterocycles. The molecule has 1 aliphatic carbocycles. The molecule has 0 aliphatic heterocycles. The zero-order valence-electron chi connectivity index (χ0n) is 13.7. The van der Waals surface area contributed by atoms with E-state index in [-0.39, 0.29) is 33.6 Å². The number of hydrogen-bond acceptors (Lipinski definition) is 4. The molecule has 2 aromatic carbocycles. The number of hydrogen-bond donors (Lipinski definition) is 0. The lowest BCUT2D eigenvalue weighted by Crippen LogP contribution is -2.28. The Hall–Kier alpha value is -2.70. The molecule has 0 fully saturated rings. The van der Waals surface area contributed by atoms with E-state index in [1.54, 1.807) is 0 Å². The Morgan fingerprint density at radius 2 is 1.12 bits per heavy atom. The van der Waals surface area contributed by atoms with Gasteiger partial charge in [-0.2, -0.15) is 0 Å². The highest BCUT2D eigenvalue weighted by atomic mass is 35.5. The second kappa shape index (κ2) is 6.55. The summed E-state index contributed by atoms with van der Waals surface area (Å²) in [6.07, 6.45) is 0. The molecule has 0 aromatic heterocycles. The number of rotatable bonds is 2. The SMILES string of the molecule is CC(=O)N(Cl)c1cccc2c1C(=O)c1c(cccc1N(Cl)C(C)=O)C2=O. The van der Waals surface area contributed by atoms with Crippen LogP contribution in [-0.4, -0.2) is 23.4 Å². The number of fused-ring (bicyclic) bond motifs is 2. The molecular weight excluding hydrogens is 379 g/mol. The van der Waals surface area contributed by atoms with Gasteiger partial charge < -0.3 is 0 Å². The molecule has 6 nitrogen and oxygen atoms in total. The molecule has 26 heavy (non-hydrogen) atoms. The van der Waals surface area contributed by atoms with Crippen LogP contribution in [0.5, 0.6) is 0 Å². The third-order valence-electron chi connectivity index (χ3n) is 4.00. The van der Waals surface area contributed by atoms with Crippen molar-refractivity contribution in [1.29, 1.82) is 0 Å². The Labute approximate surface area is 159 Å². The van der Waals surface area contributed by atoms with E-state index in [4.69, 9.17) is 23.6 Å². The molecule has 8 heteroatoms. The lowest BCUT2D eigenvalue weighted by molar-refractivity contribution is -0.116. The van der Waals surface area contributed by atoms with Crippen LogP contribution in [0.1, 0.15) is 45.7 Å². The molecule has 0 bridgehead atoms. The van der Waals surface area contributed by atoms with Crippen molar-refractivity contribution in [3.63, 3.8) is 0 Å². The van der Waals surface area contributed by atoms with Gasteiger partial charge in [-0.1, -0.05) is 24.3 Å². The third-order valence-corrected chi connectivity index (χ3v) is 4.84. The van der Waals surface area contributed by atoms with E-state index in [1.165, 1.54) is 50.2 Å². The van der Waals surface area contributed by atoms with E-state index in [1.807, 2.05) is 0 Å². The predicted octanol–water partition coefficient (Wildman–Crippen LogP) is 3.48. The Balaban J connectivity index is 2.30. The van der Waals surface area contributed by atoms with Gasteiger partial charge in [0.15, 0.2) is 11.6 Å². The van der Waals surface area contributed by atoms with Crippen molar-refractivity contribution in [2.24, 2.45) is 0 Å². The molecule has 132 valence electrons. The van der Waals surface area contributed by atoms with Crippen molar-refractivity contribution in [3.05, 3.63) is 58.7 Å². The molecule has 2 aromatic rings. The Kier molecular flexibility index (Phi) is 4.56. The molecule has 0 saturated heterocycles. The maximum Gasteiger partial charge on any atom is 0.238 e. The van der Waals surface area contributed by atoms with Gasteiger partial charge in [0.25, 0.3) is 0 Å². The summed E-state index contributed by atoms with van der Waals surface area (Å²) in [7, 11) is 0. The number of amides is 2. The molecule has 2 amide bonds. The molecule has 0 N–H and O–H groups in total. The summed E-state index contributed by atoms with van der Waals surface area (Å²) < 4.78 is 1.56. The highest BCUT2D eigenvalue weighted by Crippen LogP contribution is 2.38. The topological polar surface area (TPSA) is 74.8 Å². The van der Waals surface area contributed by atoms with Crippen LogP contribution in [0, 0.1) is 0 Å². The first-order valence-electron chi connectivity index (χ1n) is 7.54. The van der Waals surface area contributed by atoms with Gasteiger partial charge in [-0.05, 0) is 12.1 Å². The zero-order valence-corrected chi connectivity index (χ0v) is 15.3. The third kappa shape index (κ3) is 2.67. The number of carbonyl (C=O) groups is 4. The smallest absolute Gasteiger partial charge is 0.238 e. The summed E-state index contributed by atoms with van der Waals surface area (Å²) in [6, 6.07) is 8.99. The quantitative estimate of drug-likeness (QED) is 0.627. The second-order valence-electron chi connectivity index (χ2n) is 5.66. The van der Waals surface area contributed by atoms with E-state index < -0.39 is 23.4 Å². The number of benzene rings is 2. The highest BCUT2D eigenvalue weighted by molar-refractivity contribution is 6.42. The molecule has 0 saturated carbocycles. The molecule has 0 unspecified atom stereocenters. The van der Waals surface area contributed by atoms with Crippen LogP contribution in [0.3, 0.4) is 0 Å². The average molecular weight is 391 g/mol. The van der Waals surface area contributed by atoms with Gasteiger partial charge in [0, 0.05) is 48.5 Å². The van der Waals surface area contributed by atoms with Crippen LogP contribution >= 0.6 is 23.6 Å². The summed E-state index contributed by atoms with van der Waals surface area (Å²) >= 11 is 12.0. The number of nitrogens with zero attached hydrogens (tertiary/aromatic N) is 2. The standard InChI is InChI=1S/C18H12Cl2N2O4/c1-9(23)21(19)13-7-3-5-11-15(13)18(26)16-12(17(11)25)6-4-8-14(16)22(20)10(2)24/h3-8H,1-2H3. The number of anilines is 2. The van der Waals surface area contributed by atoms with Crippen LogP contribution in [-0.2, 0) is 9.59 Å². The number of halogens is 2. The molecule has 0 spiro atoms. The Morgan fingerprint density at radius 1 is 0.731 bits per heavy atom. The van der Waals surface area contributed by atoms with Gasteiger partial charge in [-0.3, -0.25) is 19.2 Å². The lowest BCUT2D eigenvalue weighted by atomic mass is 9.82. The van der Waals surface area contributed by atoms with Crippen LogP contribution in [0.2, 0.25) is 0 Å². The van der Waals surface area contributed by atoms with Crippen molar-refractivity contribution in [2.75, 3.05) is 8.84 Å². The minimum absolute atomic E-state index is 0.00345. The first-order chi connectivity index (χ1) is 12.3. The summed E-state index contributed by atoms with van der Waals surface area (Å²) in [5.41, 5.74) is 0.451. The maximum absolute atomic E-state index is 13.2. The maximum atomic E-state index is 13.2.